The summed E-state index contributed by atoms with van der Waals surface area (Å²) in [5.74, 6) is -5.50. The second kappa shape index (κ2) is 6.78. The minimum Gasteiger partial charge on any atom is -0.467 e. The third kappa shape index (κ3) is 4.15. The van der Waals surface area contributed by atoms with E-state index in [0.29, 0.717) is 0 Å². The van der Waals surface area contributed by atoms with Crippen molar-refractivity contribution in [3.8, 4) is 0 Å². The number of anilines is 1. The van der Waals surface area contributed by atoms with E-state index in [4.69, 9.17) is 0 Å². The number of hydrogen-bond donors (Lipinski definition) is 2. The van der Waals surface area contributed by atoms with E-state index in [2.05, 4.69) is 15.4 Å². The molecule has 0 fully saturated rings. The van der Waals surface area contributed by atoms with Crippen LogP contribution in [0.5, 0.6) is 0 Å². The van der Waals surface area contributed by atoms with Crippen LogP contribution in [0.4, 0.5) is 18.9 Å². The number of nitrogens with one attached hydrogen (secondary N) is 2. The number of amides is 1. The highest BCUT2D eigenvalue weighted by atomic mass is 19.2. The molecular formula is C12H13F3N2O3. The number of esters is 1. The molecule has 0 aliphatic heterocycles. The van der Waals surface area contributed by atoms with Gasteiger partial charge in [-0.15, -0.1) is 0 Å². The third-order valence-corrected chi connectivity index (χ3v) is 2.36. The Morgan fingerprint density at radius 2 is 1.80 bits per heavy atom. The molecule has 1 amide bonds. The van der Waals surface area contributed by atoms with Crippen LogP contribution in [0.25, 0.3) is 0 Å². The van der Waals surface area contributed by atoms with Gasteiger partial charge in [0.15, 0.2) is 17.5 Å². The summed E-state index contributed by atoms with van der Waals surface area (Å²) < 4.78 is 43.2. The zero-order valence-electron chi connectivity index (χ0n) is 10.8. The number of carbonyl (C=O) groups excluding carboxylic acids is 2. The van der Waals surface area contributed by atoms with Crippen LogP contribution in [-0.4, -0.2) is 31.6 Å². The molecule has 1 unspecified atom stereocenters. The number of ether oxygens (including phenoxy) is 1. The van der Waals surface area contributed by atoms with E-state index < -0.39 is 35.4 Å². The van der Waals surface area contributed by atoms with Crippen molar-refractivity contribution in [3.05, 3.63) is 29.6 Å². The molecule has 5 nitrogen and oxygen atoms in total. The molecule has 0 radical (unpaired) electrons. The summed E-state index contributed by atoms with van der Waals surface area (Å²) in [5, 5.41) is 4.82. The van der Waals surface area contributed by atoms with Crippen molar-refractivity contribution >= 4 is 17.6 Å². The molecule has 0 heterocycles. The standard InChI is InChI=1S/C12H13F3N2O3/c1-6(18)17-10(12(19)20-2)5-16-7-3-8(13)11(15)9(14)4-7/h3-4,10,16H,5H2,1-2H3,(H,17,18). The maximum Gasteiger partial charge on any atom is 0.330 e. The monoisotopic (exact) mass is 290 g/mol. The molecule has 20 heavy (non-hydrogen) atoms. The van der Waals surface area contributed by atoms with Crippen molar-refractivity contribution in [2.24, 2.45) is 0 Å². The summed E-state index contributed by atoms with van der Waals surface area (Å²) in [7, 11) is 1.13. The average Bonchev–Trinajstić information content (AvgIpc) is 2.39. The number of carbonyl (C=O) groups is 2. The Hall–Kier alpha value is -2.25. The smallest absolute Gasteiger partial charge is 0.330 e. The van der Waals surface area contributed by atoms with Crippen molar-refractivity contribution < 1.29 is 27.5 Å². The summed E-state index contributed by atoms with van der Waals surface area (Å²) in [5.41, 5.74) is -0.0688. The molecule has 0 bridgehead atoms. The molecule has 2 N–H and O–H groups in total. The van der Waals surface area contributed by atoms with Crippen molar-refractivity contribution in [3.63, 3.8) is 0 Å². The number of rotatable bonds is 5. The van der Waals surface area contributed by atoms with Gasteiger partial charge in [0.2, 0.25) is 5.91 Å². The minimum atomic E-state index is -1.58. The van der Waals surface area contributed by atoms with E-state index in [0.717, 1.165) is 19.2 Å². The quantitative estimate of drug-likeness (QED) is 0.631. The third-order valence-electron chi connectivity index (χ3n) is 2.36. The van der Waals surface area contributed by atoms with Crippen molar-refractivity contribution in [1.82, 2.24) is 5.32 Å². The second-order valence-electron chi connectivity index (χ2n) is 3.91. The van der Waals surface area contributed by atoms with Gasteiger partial charge in [-0.1, -0.05) is 0 Å². The van der Waals surface area contributed by atoms with Crippen LogP contribution in [0, 0.1) is 17.5 Å². The van der Waals surface area contributed by atoms with Crippen LogP contribution < -0.4 is 10.6 Å². The first-order valence-electron chi connectivity index (χ1n) is 5.58. The molecule has 110 valence electrons. The Balaban J connectivity index is 2.77. The van der Waals surface area contributed by atoms with Gasteiger partial charge in [-0.05, 0) is 0 Å². The van der Waals surface area contributed by atoms with Crippen LogP contribution in [0.1, 0.15) is 6.92 Å². The van der Waals surface area contributed by atoms with Gasteiger partial charge in [-0.3, -0.25) is 4.79 Å². The van der Waals surface area contributed by atoms with Gasteiger partial charge in [0, 0.05) is 31.3 Å². The second-order valence-corrected chi connectivity index (χ2v) is 3.91. The zero-order chi connectivity index (χ0) is 15.3. The predicted molar refractivity (Wildman–Crippen MR) is 64.4 cm³/mol. The van der Waals surface area contributed by atoms with Crippen molar-refractivity contribution in [1.29, 1.82) is 0 Å². The van der Waals surface area contributed by atoms with Gasteiger partial charge in [-0.25, -0.2) is 18.0 Å². The fraction of sp³-hybridized carbons (Fsp3) is 0.333. The highest BCUT2D eigenvalue weighted by Gasteiger charge is 2.20. The zero-order valence-corrected chi connectivity index (χ0v) is 10.8. The molecule has 1 aromatic rings. The van der Waals surface area contributed by atoms with E-state index in [9.17, 15) is 22.8 Å². The van der Waals surface area contributed by atoms with Crippen LogP contribution in [0.15, 0.2) is 12.1 Å². The topological polar surface area (TPSA) is 67.4 Å². The molecule has 8 heteroatoms. The molecule has 1 aromatic carbocycles. The number of methoxy groups -OCH3 is 1. The van der Waals surface area contributed by atoms with Crippen molar-refractivity contribution in [2.45, 2.75) is 13.0 Å². The predicted octanol–water partition coefficient (Wildman–Crippen LogP) is 1.19. The molecule has 0 aromatic heterocycles. The molecule has 0 saturated carbocycles. The lowest BCUT2D eigenvalue weighted by molar-refractivity contribution is -0.144. The number of benzene rings is 1. The van der Waals surface area contributed by atoms with Crippen LogP contribution >= 0.6 is 0 Å². The van der Waals surface area contributed by atoms with Gasteiger partial charge in [0.25, 0.3) is 0 Å². The lowest BCUT2D eigenvalue weighted by atomic mass is 10.2. The first kappa shape index (κ1) is 15.8. The number of halogens is 3. The molecule has 1 rings (SSSR count). The largest absolute Gasteiger partial charge is 0.467 e. The average molecular weight is 290 g/mol. The SMILES string of the molecule is COC(=O)C(CNc1cc(F)c(F)c(F)c1)NC(C)=O. The van der Waals surface area contributed by atoms with E-state index in [1.54, 1.807) is 0 Å². The van der Waals surface area contributed by atoms with Gasteiger partial charge in [0.05, 0.1) is 7.11 Å². The molecular weight excluding hydrogens is 277 g/mol. The van der Waals surface area contributed by atoms with Gasteiger partial charge in [0.1, 0.15) is 6.04 Å². The Kier molecular flexibility index (Phi) is 5.36. The summed E-state index contributed by atoms with van der Waals surface area (Å²) >= 11 is 0. The fourth-order valence-electron chi connectivity index (χ4n) is 1.46. The van der Waals surface area contributed by atoms with Crippen LogP contribution in [0.3, 0.4) is 0 Å². The summed E-state index contributed by atoms with van der Waals surface area (Å²) in [6.45, 7) is 1.03. The molecule has 0 aliphatic rings. The lowest BCUT2D eigenvalue weighted by Crippen LogP contribution is -2.45. The summed E-state index contributed by atoms with van der Waals surface area (Å²) in [4.78, 5) is 22.3. The van der Waals surface area contributed by atoms with Crippen LogP contribution in [0.2, 0.25) is 0 Å². The van der Waals surface area contributed by atoms with E-state index in [1.165, 1.54) is 6.92 Å². The fourth-order valence-corrected chi connectivity index (χ4v) is 1.46. The van der Waals surface area contributed by atoms with Crippen LogP contribution in [-0.2, 0) is 14.3 Å². The normalized spacial score (nSPS) is 11.7. The maximum atomic E-state index is 13.0. The van der Waals surface area contributed by atoms with E-state index in [-0.39, 0.29) is 12.2 Å². The Labute approximate surface area is 113 Å². The van der Waals surface area contributed by atoms with E-state index in [1.807, 2.05) is 0 Å². The Morgan fingerprint density at radius 1 is 1.25 bits per heavy atom. The lowest BCUT2D eigenvalue weighted by Gasteiger charge is -2.17. The molecule has 1 atom stereocenters. The summed E-state index contributed by atoms with van der Waals surface area (Å²) in [6.07, 6.45) is 0. The van der Waals surface area contributed by atoms with E-state index >= 15 is 0 Å². The van der Waals surface area contributed by atoms with Gasteiger partial charge >= 0.3 is 5.97 Å². The Morgan fingerprint density at radius 3 is 2.25 bits per heavy atom. The molecule has 0 saturated heterocycles. The first-order chi connectivity index (χ1) is 9.35. The molecule has 0 spiro atoms. The van der Waals surface area contributed by atoms with Gasteiger partial charge < -0.3 is 15.4 Å². The van der Waals surface area contributed by atoms with Gasteiger partial charge in [-0.2, -0.15) is 0 Å². The van der Waals surface area contributed by atoms with Crippen molar-refractivity contribution in [2.75, 3.05) is 19.0 Å². The summed E-state index contributed by atoms with van der Waals surface area (Å²) in [6, 6.07) is 0.440. The first-order valence-corrected chi connectivity index (χ1v) is 5.58. The Bertz CT molecular complexity index is 500. The highest BCUT2D eigenvalue weighted by molar-refractivity contribution is 5.83. The highest BCUT2D eigenvalue weighted by Crippen LogP contribution is 2.17. The molecule has 0 aliphatic carbocycles. The maximum absolute atomic E-state index is 13.0. The number of hydrogen-bond acceptors (Lipinski definition) is 4. The minimum absolute atomic E-state index is 0.0688.